The van der Waals surface area contributed by atoms with Crippen LogP contribution >= 0.6 is 33.9 Å². The van der Waals surface area contributed by atoms with Crippen molar-refractivity contribution in [3.8, 4) is 11.5 Å². The number of carbonyl (C=O) groups is 1. The van der Waals surface area contributed by atoms with E-state index in [0.717, 1.165) is 42.2 Å². The second-order valence-electron chi connectivity index (χ2n) is 12.7. The van der Waals surface area contributed by atoms with Crippen molar-refractivity contribution in [3.05, 3.63) is 166 Å². The summed E-state index contributed by atoms with van der Waals surface area (Å²) in [4.78, 5) is 33.8. The molecule has 1 aliphatic rings. The van der Waals surface area contributed by atoms with Crippen molar-refractivity contribution < 1.29 is 19.0 Å². The summed E-state index contributed by atoms with van der Waals surface area (Å²) in [5, 5.41) is 2.30. The molecule has 52 heavy (non-hydrogen) atoms. The van der Waals surface area contributed by atoms with Gasteiger partial charge < -0.3 is 14.2 Å². The number of rotatable bonds is 10. The fraction of sp³-hybridized carbons (Fsp3) is 0.186. The Hall–Kier alpha value is -5.00. The molecule has 7 rings (SSSR count). The molecule has 0 aliphatic carbocycles. The summed E-state index contributed by atoms with van der Waals surface area (Å²) >= 11 is 3.54. The third-order valence-corrected chi connectivity index (χ3v) is 10.9. The van der Waals surface area contributed by atoms with Gasteiger partial charge in [-0.25, -0.2) is 9.79 Å². The van der Waals surface area contributed by atoms with E-state index in [2.05, 4.69) is 72.8 Å². The molecule has 0 bridgehead atoms. The highest BCUT2D eigenvalue weighted by Crippen LogP contribution is 2.37. The van der Waals surface area contributed by atoms with Crippen LogP contribution in [0.4, 0.5) is 0 Å². The maximum absolute atomic E-state index is 14.5. The molecule has 0 spiro atoms. The van der Waals surface area contributed by atoms with Gasteiger partial charge in [0.25, 0.3) is 5.56 Å². The number of hydrogen-bond acceptors (Lipinski definition) is 7. The van der Waals surface area contributed by atoms with Gasteiger partial charge in [-0.3, -0.25) is 9.36 Å². The number of benzene rings is 5. The van der Waals surface area contributed by atoms with Crippen LogP contribution in [0.25, 0.3) is 22.5 Å². The van der Waals surface area contributed by atoms with Crippen molar-refractivity contribution in [2.45, 2.75) is 39.3 Å². The average molecular weight is 821 g/mol. The second kappa shape index (κ2) is 15.3. The Labute approximate surface area is 319 Å². The maximum Gasteiger partial charge on any atom is 0.338 e. The molecule has 0 fully saturated rings. The molecule has 1 aliphatic heterocycles. The molecular formula is C43H37IN2O5S. The molecule has 0 radical (unpaired) electrons. The van der Waals surface area contributed by atoms with Crippen molar-refractivity contribution >= 4 is 62.4 Å². The van der Waals surface area contributed by atoms with Crippen LogP contribution < -0.4 is 24.4 Å². The Balaban J connectivity index is 1.34. The summed E-state index contributed by atoms with van der Waals surface area (Å²) in [5.74, 6) is 1.01. The summed E-state index contributed by atoms with van der Waals surface area (Å²) in [5.41, 5.74) is 5.15. The van der Waals surface area contributed by atoms with Gasteiger partial charge in [-0.15, -0.1) is 0 Å². The molecular weight excluding hydrogens is 783 g/mol. The zero-order valence-corrected chi connectivity index (χ0v) is 32.2. The van der Waals surface area contributed by atoms with E-state index >= 15 is 0 Å². The number of aromatic nitrogens is 1. The average Bonchev–Trinajstić information content (AvgIpc) is 3.47. The van der Waals surface area contributed by atoms with Crippen molar-refractivity contribution in [1.82, 2.24) is 4.57 Å². The third-order valence-electron chi connectivity index (χ3n) is 9.09. The fourth-order valence-electron chi connectivity index (χ4n) is 6.50. The molecule has 1 atom stereocenters. The monoisotopic (exact) mass is 820 g/mol. The third kappa shape index (κ3) is 6.95. The molecule has 0 N–H and O–H groups in total. The first-order valence-corrected chi connectivity index (χ1v) is 19.0. The number of ether oxygens (including phenoxy) is 3. The van der Waals surface area contributed by atoms with Gasteiger partial charge in [0.05, 0.1) is 39.1 Å². The predicted octanol–water partition coefficient (Wildman–Crippen LogP) is 8.40. The Morgan fingerprint density at radius 3 is 2.42 bits per heavy atom. The zero-order chi connectivity index (χ0) is 36.4. The van der Waals surface area contributed by atoms with Crippen LogP contribution in [0.15, 0.2) is 125 Å². The van der Waals surface area contributed by atoms with Gasteiger partial charge in [0.1, 0.15) is 6.61 Å². The number of halogens is 1. The molecule has 0 saturated carbocycles. The minimum Gasteiger partial charge on any atom is -0.493 e. The fourth-order valence-corrected chi connectivity index (χ4v) is 8.28. The van der Waals surface area contributed by atoms with E-state index < -0.39 is 12.0 Å². The highest BCUT2D eigenvalue weighted by molar-refractivity contribution is 14.1. The van der Waals surface area contributed by atoms with Crippen LogP contribution in [-0.4, -0.2) is 24.3 Å². The minimum atomic E-state index is -0.742. The second-order valence-corrected chi connectivity index (χ2v) is 14.9. The molecule has 0 unspecified atom stereocenters. The maximum atomic E-state index is 14.5. The normalized spacial score (nSPS) is 14.3. The van der Waals surface area contributed by atoms with Gasteiger partial charge in [-0.05, 0) is 86.7 Å². The molecule has 7 nitrogen and oxygen atoms in total. The number of esters is 1. The molecule has 0 saturated heterocycles. The summed E-state index contributed by atoms with van der Waals surface area (Å²) in [7, 11) is 1.61. The topological polar surface area (TPSA) is 79.1 Å². The number of methoxy groups -OCH3 is 1. The lowest BCUT2D eigenvalue weighted by molar-refractivity contribution is -0.138. The van der Waals surface area contributed by atoms with Crippen LogP contribution in [0.3, 0.4) is 0 Å². The van der Waals surface area contributed by atoms with Crippen molar-refractivity contribution in [2.24, 2.45) is 4.99 Å². The molecule has 1 aromatic heterocycles. The van der Waals surface area contributed by atoms with E-state index in [-0.39, 0.29) is 12.2 Å². The standard InChI is InChI=1S/C43H37IN2O5S/c1-5-50-42(48)37-38(30-13-7-6-8-14-30)45-43-46(39(37)31-20-18-28(19-21-31)26(2)3)41(47)36(52-43)24-27-22-34(44)40(35(23-27)49-4)51-25-32-16-11-15-29-12-9-10-17-33(29)32/h6-24,26,39H,5,25H2,1-4H3/b36-24-/t39-/m1/s1. The van der Waals surface area contributed by atoms with Crippen molar-refractivity contribution in [3.63, 3.8) is 0 Å². The summed E-state index contributed by atoms with van der Waals surface area (Å²) in [6, 6.07) is 35.2. The number of nitrogens with zero attached hydrogens (tertiary/aromatic N) is 2. The van der Waals surface area contributed by atoms with Gasteiger partial charge in [0.15, 0.2) is 16.3 Å². The molecule has 6 aromatic rings. The van der Waals surface area contributed by atoms with E-state index in [1.165, 1.54) is 11.3 Å². The summed E-state index contributed by atoms with van der Waals surface area (Å²) in [6.45, 7) is 6.61. The lowest BCUT2D eigenvalue weighted by Gasteiger charge is -2.26. The lowest BCUT2D eigenvalue weighted by Crippen LogP contribution is -2.40. The first-order valence-electron chi connectivity index (χ1n) is 17.1. The van der Waals surface area contributed by atoms with E-state index in [4.69, 9.17) is 19.2 Å². The van der Waals surface area contributed by atoms with Crippen molar-refractivity contribution in [2.75, 3.05) is 13.7 Å². The van der Waals surface area contributed by atoms with Crippen LogP contribution in [0, 0.1) is 3.57 Å². The van der Waals surface area contributed by atoms with Crippen molar-refractivity contribution in [1.29, 1.82) is 0 Å². The van der Waals surface area contributed by atoms with Crippen LogP contribution in [-0.2, 0) is 16.1 Å². The first-order chi connectivity index (χ1) is 25.3. The highest BCUT2D eigenvalue weighted by atomic mass is 127. The Kier molecular flexibility index (Phi) is 10.4. The van der Waals surface area contributed by atoms with Gasteiger partial charge in [0.2, 0.25) is 0 Å². The van der Waals surface area contributed by atoms with E-state index in [1.54, 1.807) is 18.6 Å². The van der Waals surface area contributed by atoms with Gasteiger partial charge in [-0.1, -0.05) is 122 Å². The number of fused-ring (bicyclic) bond motifs is 2. The largest absolute Gasteiger partial charge is 0.493 e. The smallest absolute Gasteiger partial charge is 0.338 e. The van der Waals surface area contributed by atoms with E-state index in [0.29, 0.717) is 44.6 Å². The number of thiazole rings is 1. The van der Waals surface area contributed by atoms with Crippen LogP contribution in [0.2, 0.25) is 0 Å². The SMILES string of the molecule is CCOC(=O)C1=C(c2ccccc2)N=c2s/c(=C\c3cc(I)c(OCc4cccc5ccccc45)c(OC)c3)c(=O)n2[C@@H]1c1ccc(C(C)C)cc1. The molecule has 2 heterocycles. The summed E-state index contributed by atoms with van der Waals surface area (Å²) in [6.07, 6.45) is 1.85. The molecule has 262 valence electrons. The van der Waals surface area contributed by atoms with Gasteiger partial charge >= 0.3 is 5.97 Å². The number of carbonyl (C=O) groups excluding carboxylic acids is 1. The molecule has 5 aromatic carbocycles. The highest BCUT2D eigenvalue weighted by Gasteiger charge is 2.35. The van der Waals surface area contributed by atoms with Gasteiger partial charge in [0, 0.05) is 5.56 Å². The zero-order valence-electron chi connectivity index (χ0n) is 29.3. The minimum absolute atomic E-state index is 0.190. The van der Waals surface area contributed by atoms with E-state index in [9.17, 15) is 9.59 Å². The Morgan fingerprint density at radius 1 is 0.962 bits per heavy atom. The Bertz CT molecular complexity index is 2500. The van der Waals surface area contributed by atoms with Crippen LogP contribution in [0.5, 0.6) is 11.5 Å². The number of hydrogen-bond donors (Lipinski definition) is 0. The first kappa shape index (κ1) is 35.4. The molecule has 0 amide bonds. The predicted molar refractivity (Wildman–Crippen MR) is 216 cm³/mol. The quantitative estimate of drug-likeness (QED) is 0.103. The summed E-state index contributed by atoms with van der Waals surface area (Å²) < 4.78 is 20.7. The van der Waals surface area contributed by atoms with E-state index in [1.807, 2.05) is 78.9 Å². The molecule has 9 heteroatoms. The van der Waals surface area contributed by atoms with Crippen LogP contribution in [0.1, 0.15) is 60.5 Å². The Morgan fingerprint density at radius 2 is 1.69 bits per heavy atom. The lowest BCUT2D eigenvalue weighted by atomic mass is 9.91. The van der Waals surface area contributed by atoms with Gasteiger partial charge in [-0.2, -0.15) is 0 Å².